The highest BCUT2D eigenvalue weighted by Gasteiger charge is 2.21. The topological polar surface area (TPSA) is 89.6 Å². The van der Waals surface area contributed by atoms with Gasteiger partial charge in [-0.3, -0.25) is 4.79 Å². The monoisotopic (exact) mass is 355 g/mol. The number of hydrogen-bond acceptors (Lipinski definition) is 5. The molecule has 0 aliphatic heterocycles. The van der Waals surface area contributed by atoms with Crippen LogP contribution in [0.3, 0.4) is 0 Å². The van der Waals surface area contributed by atoms with Crippen molar-refractivity contribution < 1.29 is 19.4 Å². The van der Waals surface area contributed by atoms with Crippen LogP contribution >= 0.6 is 0 Å². The Labute approximate surface area is 153 Å². The van der Waals surface area contributed by atoms with E-state index in [1.807, 2.05) is 40.7 Å². The molecule has 26 heavy (non-hydrogen) atoms. The summed E-state index contributed by atoms with van der Waals surface area (Å²) in [6.07, 6.45) is 0. The minimum absolute atomic E-state index is 0.00213. The number of phenolic OH excluding ortho intramolecular Hbond substituents is 1. The van der Waals surface area contributed by atoms with Crippen molar-refractivity contribution in [2.45, 2.75) is 40.7 Å². The molecule has 2 aromatic rings. The van der Waals surface area contributed by atoms with Crippen LogP contribution in [-0.4, -0.2) is 22.9 Å². The van der Waals surface area contributed by atoms with Gasteiger partial charge in [-0.25, -0.2) is 4.79 Å². The van der Waals surface area contributed by atoms with Crippen molar-refractivity contribution in [1.82, 2.24) is 0 Å². The molecule has 0 fully saturated rings. The number of ketones is 1. The molecule has 0 aliphatic rings. The molecule has 1 unspecified atom stereocenters. The predicted molar refractivity (Wildman–Crippen MR) is 101 cm³/mol. The van der Waals surface area contributed by atoms with Crippen molar-refractivity contribution in [3.05, 3.63) is 58.1 Å². The Morgan fingerprint density at radius 2 is 1.69 bits per heavy atom. The van der Waals surface area contributed by atoms with E-state index in [0.717, 1.165) is 16.7 Å². The van der Waals surface area contributed by atoms with Crippen molar-refractivity contribution in [2.75, 3.05) is 0 Å². The maximum absolute atomic E-state index is 12.4. The van der Waals surface area contributed by atoms with E-state index in [2.05, 4.69) is 0 Å². The molecule has 2 aromatic carbocycles. The summed E-state index contributed by atoms with van der Waals surface area (Å²) in [5.74, 6) is -1.11. The SMILES string of the molecule is Cc1ccc(C(=O)Oc2ccc(C(=O)C(N)C(C)C)cc2O)c(C)c1C. The van der Waals surface area contributed by atoms with Crippen molar-refractivity contribution >= 4 is 11.8 Å². The number of carbonyl (C=O) groups excluding carboxylic acids is 2. The van der Waals surface area contributed by atoms with Gasteiger partial charge in [0.25, 0.3) is 0 Å². The number of rotatable bonds is 5. The first-order valence-corrected chi connectivity index (χ1v) is 8.55. The average Bonchev–Trinajstić information content (AvgIpc) is 2.59. The standard InChI is InChI=1S/C21H25NO4/c1-11(2)19(22)20(24)15-7-9-18(17(23)10-15)26-21(25)16-8-6-12(3)13(4)14(16)5/h6-11,19,23H,22H2,1-5H3. The van der Waals surface area contributed by atoms with E-state index in [1.54, 1.807) is 6.07 Å². The predicted octanol–water partition coefficient (Wildman–Crippen LogP) is 3.70. The summed E-state index contributed by atoms with van der Waals surface area (Å²) < 4.78 is 5.32. The minimum atomic E-state index is -0.652. The third kappa shape index (κ3) is 3.94. The van der Waals surface area contributed by atoms with Crippen molar-refractivity contribution in [2.24, 2.45) is 11.7 Å². The van der Waals surface area contributed by atoms with E-state index in [1.165, 1.54) is 18.2 Å². The fourth-order valence-electron chi connectivity index (χ4n) is 2.58. The highest BCUT2D eigenvalue weighted by molar-refractivity contribution is 6.01. The first-order valence-electron chi connectivity index (χ1n) is 8.55. The molecule has 0 aliphatic carbocycles. The summed E-state index contributed by atoms with van der Waals surface area (Å²) in [5.41, 5.74) is 9.53. The lowest BCUT2D eigenvalue weighted by Gasteiger charge is -2.15. The first-order chi connectivity index (χ1) is 12.1. The van der Waals surface area contributed by atoms with E-state index in [0.29, 0.717) is 5.56 Å². The number of Topliss-reactive ketones (excluding diaryl/α,β-unsaturated/α-hetero) is 1. The first kappa shape index (κ1) is 19.7. The summed E-state index contributed by atoms with van der Waals surface area (Å²) in [6, 6.07) is 7.09. The van der Waals surface area contributed by atoms with Crippen LogP contribution in [0.25, 0.3) is 0 Å². The third-order valence-corrected chi connectivity index (χ3v) is 4.75. The summed E-state index contributed by atoms with van der Waals surface area (Å²) in [6.45, 7) is 9.47. The van der Waals surface area contributed by atoms with Crippen molar-refractivity contribution in [1.29, 1.82) is 0 Å². The average molecular weight is 355 g/mol. The number of phenols is 1. The largest absolute Gasteiger partial charge is 0.504 e. The van der Waals surface area contributed by atoms with Gasteiger partial charge < -0.3 is 15.6 Å². The number of benzene rings is 2. The number of carbonyl (C=O) groups is 2. The Morgan fingerprint density at radius 1 is 1.04 bits per heavy atom. The molecule has 138 valence electrons. The fraction of sp³-hybridized carbons (Fsp3) is 0.333. The molecule has 0 aromatic heterocycles. The van der Waals surface area contributed by atoms with Crippen molar-refractivity contribution in [3.63, 3.8) is 0 Å². The summed E-state index contributed by atoms with van der Waals surface area (Å²) in [5, 5.41) is 10.2. The van der Waals surface area contributed by atoms with Crippen LogP contribution in [-0.2, 0) is 0 Å². The lowest BCUT2D eigenvalue weighted by molar-refractivity contribution is 0.0728. The molecule has 5 nitrogen and oxygen atoms in total. The van der Waals surface area contributed by atoms with Crippen LogP contribution in [0.2, 0.25) is 0 Å². The van der Waals surface area contributed by atoms with E-state index in [4.69, 9.17) is 10.5 Å². The Hall–Kier alpha value is -2.66. The second kappa shape index (κ2) is 7.70. The maximum atomic E-state index is 12.4. The number of nitrogens with two attached hydrogens (primary N) is 1. The number of aromatic hydroxyl groups is 1. The van der Waals surface area contributed by atoms with Gasteiger partial charge in [-0.1, -0.05) is 19.9 Å². The Bertz CT molecular complexity index is 855. The van der Waals surface area contributed by atoms with Gasteiger partial charge in [0.1, 0.15) is 0 Å². The molecule has 0 spiro atoms. The van der Waals surface area contributed by atoms with E-state index in [9.17, 15) is 14.7 Å². The van der Waals surface area contributed by atoms with E-state index in [-0.39, 0.29) is 28.8 Å². The molecular weight excluding hydrogens is 330 g/mol. The summed E-state index contributed by atoms with van der Waals surface area (Å²) in [4.78, 5) is 24.7. The van der Waals surface area contributed by atoms with E-state index < -0.39 is 12.0 Å². The molecule has 0 bridgehead atoms. The van der Waals surface area contributed by atoms with Crippen molar-refractivity contribution in [3.8, 4) is 11.5 Å². The third-order valence-electron chi connectivity index (χ3n) is 4.75. The second-order valence-electron chi connectivity index (χ2n) is 6.89. The van der Waals surface area contributed by atoms with Gasteiger partial charge in [-0.15, -0.1) is 0 Å². The van der Waals surface area contributed by atoms with Crippen LogP contribution in [0, 0.1) is 26.7 Å². The van der Waals surface area contributed by atoms with Gasteiger partial charge in [0, 0.05) is 5.56 Å². The smallest absolute Gasteiger partial charge is 0.343 e. The highest BCUT2D eigenvalue weighted by atomic mass is 16.5. The molecule has 0 radical (unpaired) electrons. The number of aryl methyl sites for hydroxylation is 1. The quantitative estimate of drug-likeness (QED) is 0.485. The van der Waals surface area contributed by atoms with Crippen LogP contribution in [0.4, 0.5) is 0 Å². The van der Waals surface area contributed by atoms with Gasteiger partial charge in [0.2, 0.25) is 0 Å². The summed E-state index contributed by atoms with van der Waals surface area (Å²) >= 11 is 0. The lowest BCUT2D eigenvalue weighted by atomic mass is 9.96. The highest BCUT2D eigenvalue weighted by Crippen LogP contribution is 2.29. The zero-order valence-corrected chi connectivity index (χ0v) is 15.8. The zero-order valence-electron chi connectivity index (χ0n) is 15.8. The number of esters is 1. The van der Waals surface area contributed by atoms with E-state index >= 15 is 0 Å². The minimum Gasteiger partial charge on any atom is -0.504 e. The molecular formula is C21H25NO4. The van der Waals surface area contributed by atoms with Gasteiger partial charge in [-0.2, -0.15) is 0 Å². The molecule has 0 saturated carbocycles. The van der Waals surface area contributed by atoms with Gasteiger partial charge in [0.15, 0.2) is 17.3 Å². The van der Waals surface area contributed by atoms with Gasteiger partial charge in [0.05, 0.1) is 11.6 Å². The molecule has 5 heteroatoms. The normalized spacial score (nSPS) is 12.1. The molecule has 0 amide bonds. The molecule has 0 saturated heterocycles. The lowest BCUT2D eigenvalue weighted by Crippen LogP contribution is -2.35. The fourth-order valence-corrected chi connectivity index (χ4v) is 2.58. The van der Waals surface area contributed by atoms with Crippen LogP contribution in [0.5, 0.6) is 11.5 Å². The Balaban J connectivity index is 2.25. The molecule has 1 atom stereocenters. The Kier molecular flexibility index (Phi) is 5.83. The maximum Gasteiger partial charge on any atom is 0.343 e. The number of ether oxygens (including phenoxy) is 1. The second-order valence-corrected chi connectivity index (χ2v) is 6.89. The Morgan fingerprint density at radius 3 is 2.27 bits per heavy atom. The van der Waals surface area contributed by atoms with Crippen LogP contribution in [0.1, 0.15) is 51.3 Å². The summed E-state index contributed by atoms with van der Waals surface area (Å²) in [7, 11) is 0. The van der Waals surface area contributed by atoms with Gasteiger partial charge >= 0.3 is 5.97 Å². The zero-order chi connectivity index (χ0) is 19.6. The molecule has 2 rings (SSSR count). The van der Waals surface area contributed by atoms with Crippen LogP contribution in [0.15, 0.2) is 30.3 Å². The van der Waals surface area contributed by atoms with Crippen LogP contribution < -0.4 is 10.5 Å². The molecule has 0 heterocycles. The van der Waals surface area contributed by atoms with Gasteiger partial charge in [-0.05, 0) is 67.6 Å². The molecule has 3 N–H and O–H groups in total. The number of hydrogen-bond donors (Lipinski definition) is 2.